The highest BCUT2D eigenvalue weighted by molar-refractivity contribution is 7.57. The van der Waals surface area contributed by atoms with Gasteiger partial charge in [-0.05, 0) is 51.4 Å². The Morgan fingerprint density at radius 2 is 1.96 bits per heavy atom. The average Bonchev–Trinajstić information content (AvgIpc) is 2.53. The van der Waals surface area contributed by atoms with Crippen LogP contribution in [-0.4, -0.2) is 44.4 Å². The van der Waals surface area contributed by atoms with E-state index in [1.807, 2.05) is 13.8 Å². The topological polar surface area (TPSA) is 65.1 Å². The summed E-state index contributed by atoms with van der Waals surface area (Å²) < 4.78 is 28.2. The number of likely N-dealkylation sites (tertiary alicyclic amines) is 1. The third-order valence-corrected chi connectivity index (χ3v) is 6.56. The summed E-state index contributed by atoms with van der Waals surface area (Å²) in [6, 6.07) is 0. The number of hydrogen-bond donors (Lipinski definition) is 0. The first kappa shape index (κ1) is 18.5. The second kappa shape index (κ2) is 8.32. The Morgan fingerprint density at radius 3 is 2.57 bits per heavy atom. The minimum atomic E-state index is -3.11. The largest absolute Gasteiger partial charge is 0.453 e. The second-order valence-corrected chi connectivity index (χ2v) is 7.98. The molecule has 132 valence electrons. The first-order chi connectivity index (χ1) is 11.0. The number of rotatable bonds is 5. The smallest absolute Gasteiger partial charge is 0.409 e. The van der Waals surface area contributed by atoms with Crippen molar-refractivity contribution in [3.8, 4) is 0 Å². The quantitative estimate of drug-likeness (QED) is 0.704. The number of amides is 1. The van der Waals surface area contributed by atoms with Crippen LogP contribution < -0.4 is 0 Å². The summed E-state index contributed by atoms with van der Waals surface area (Å²) in [6.07, 6.45) is 3.54. The molecule has 23 heavy (non-hydrogen) atoms. The molecule has 2 aliphatic rings. The maximum Gasteiger partial charge on any atom is 0.409 e. The fourth-order valence-electron chi connectivity index (χ4n) is 3.59. The summed E-state index contributed by atoms with van der Waals surface area (Å²) in [7, 11) is -1.69. The number of carbonyl (C=O) groups is 1. The van der Waals surface area contributed by atoms with Crippen LogP contribution in [-0.2, 0) is 18.3 Å². The van der Waals surface area contributed by atoms with Crippen LogP contribution in [0.25, 0.3) is 0 Å². The standard InChI is InChI=1S/C16H28NO5P/c1-4-21-23(19,22-5-2)12-13-6-7-15-11-17(16(18)20-3)9-8-14(15)10-13/h12,14-15H,4-11H2,1-3H3. The third kappa shape index (κ3) is 4.82. The van der Waals surface area contributed by atoms with Crippen LogP contribution in [0, 0.1) is 11.8 Å². The van der Waals surface area contributed by atoms with E-state index in [2.05, 4.69) is 0 Å². The first-order valence-electron chi connectivity index (χ1n) is 8.43. The molecule has 2 rings (SSSR count). The maximum absolute atomic E-state index is 12.6. The summed E-state index contributed by atoms with van der Waals surface area (Å²) >= 11 is 0. The Labute approximate surface area is 138 Å². The molecular formula is C16H28NO5P. The van der Waals surface area contributed by atoms with Gasteiger partial charge in [0, 0.05) is 18.9 Å². The molecule has 7 heteroatoms. The minimum absolute atomic E-state index is 0.234. The first-order valence-corrected chi connectivity index (χ1v) is 10.0. The lowest BCUT2D eigenvalue weighted by atomic mass is 9.73. The molecular weight excluding hydrogens is 317 g/mol. The Hall–Kier alpha value is -0.840. The second-order valence-electron chi connectivity index (χ2n) is 6.13. The number of allylic oxidation sites excluding steroid dienone is 1. The van der Waals surface area contributed by atoms with E-state index in [0.717, 1.165) is 38.8 Å². The Balaban J connectivity index is 2.00. The van der Waals surface area contributed by atoms with Gasteiger partial charge in [-0.25, -0.2) is 4.79 Å². The van der Waals surface area contributed by atoms with Crippen molar-refractivity contribution in [2.24, 2.45) is 11.8 Å². The van der Waals surface area contributed by atoms with E-state index in [-0.39, 0.29) is 6.09 Å². The van der Waals surface area contributed by atoms with Gasteiger partial charge in [-0.15, -0.1) is 0 Å². The third-order valence-electron chi connectivity index (χ3n) is 4.64. The van der Waals surface area contributed by atoms with Crippen molar-refractivity contribution >= 4 is 13.7 Å². The van der Waals surface area contributed by atoms with Gasteiger partial charge < -0.3 is 18.7 Å². The van der Waals surface area contributed by atoms with Crippen LogP contribution in [0.15, 0.2) is 11.4 Å². The molecule has 0 aromatic rings. The summed E-state index contributed by atoms with van der Waals surface area (Å²) in [6.45, 7) is 5.89. The predicted molar refractivity (Wildman–Crippen MR) is 88.4 cm³/mol. The summed E-state index contributed by atoms with van der Waals surface area (Å²) in [5.74, 6) is 2.77. The molecule has 0 aromatic heterocycles. The van der Waals surface area contributed by atoms with Gasteiger partial charge in [0.15, 0.2) is 0 Å². The van der Waals surface area contributed by atoms with Crippen LogP contribution in [0.1, 0.15) is 39.5 Å². The van der Waals surface area contributed by atoms with Gasteiger partial charge >= 0.3 is 13.7 Å². The maximum atomic E-state index is 12.6. The van der Waals surface area contributed by atoms with Crippen LogP contribution in [0.5, 0.6) is 0 Å². The average molecular weight is 345 g/mol. The van der Waals surface area contributed by atoms with Crippen molar-refractivity contribution < 1.29 is 23.1 Å². The van der Waals surface area contributed by atoms with Crippen molar-refractivity contribution in [1.82, 2.24) is 4.90 Å². The number of fused-ring (bicyclic) bond motifs is 1. The number of ether oxygens (including phenoxy) is 1. The molecule has 0 spiro atoms. The Morgan fingerprint density at radius 1 is 1.26 bits per heavy atom. The van der Waals surface area contributed by atoms with Gasteiger partial charge in [0.1, 0.15) is 0 Å². The number of piperidine rings is 1. The van der Waals surface area contributed by atoms with Gasteiger partial charge in [0.2, 0.25) is 0 Å². The molecule has 1 saturated heterocycles. The van der Waals surface area contributed by atoms with Crippen LogP contribution in [0.2, 0.25) is 0 Å². The molecule has 2 fully saturated rings. The number of nitrogens with zero attached hydrogens (tertiary/aromatic N) is 1. The Bertz CT molecular complexity index is 483. The van der Waals surface area contributed by atoms with Crippen molar-refractivity contribution in [3.63, 3.8) is 0 Å². The molecule has 2 atom stereocenters. The van der Waals surface area contributed by atoms with Gasteiger partial charge in [0.05, 0.1) is 20.3 Å². The SMILES string of the molecule is CCOP(=O)(C=C1CCC2CN(C(=O)OC)CCC2C1)OCC. The predicted octanol–water partition coefficient (Wildman–Crippen LogP) is 4.02. The number of methoxy groups -OCH3 is 1. The van der Waals surface area contributed by atoms with Crippen LogP contribution in [0.3, 0.4) is 0 Å². The minimum Gasteiger partial charge on any atom is -0.453 e. The van der Waals surface area contributed by atoms with E-state index in [4.69, 9.17) is 13.8 Å². The molecule has 0 aromatic carbocycles. The van der Waals surface area contributed by atoms with Gasteiger partial charge in [-0.1, -0.05) is 5.57 Å². The molecule has 1 amide bonds. The fraction of sp³-hybridized carbons (Fsp3) is 0.812. The highest BCUT2D eigenvalue weighted by Gasteiger charge is 2.35. The lowest BCUT2D eigenvalue weighted by Crippen LogP contribution is -2.44. The van der Waals surface area contributed by atoms with Gasteiger partial charge in [0.25, 0.3) is 0 Å². The Kier molecular flexibility index (Phi) is 6.69. The monoisotopic (exact) mass is 345 g/mol. The molecule has 2 unspecified atom stereocenters. The van der Waals surface area contributed by atoms with Crippen molar-refractivity contribution in [3.05, 3.63) is 11.4 Å². The zero-order valence-electron chi connectivity index (χ0n) is 14.3. The number of hydrogen-bond acceptors (Lipinski definition) is 5. The summed E-state index contributed by atoms with van der Waals surface area (Å²) in [5, 5.41) is 0. The van der Waals surface area contributed by atoms with E-state index in [1.54, 1.807) is 10.7 Å². The van der Waals surface area contributed by atoms with E-state index in [0.29, 0.717) is 25.0 Å². The molecule has 0 bridgehead atoms. The van der Waals surface area contributed by atoms with Gasteiger partial charge in [-0.2, -0.15) is 0 Å². The van der Waals surface area contributed by atoms with Crippen molar-refractivity contribution in [1.29, 1.82) is 0 Å². The van der Waals surface area contributed by atoms with E-state index in [9.17, 15) is 9.36 Å². The molecule has 1 saturated carbocycles. The zero-order chi connectivity index (χ0) is 16.9. The van der Waals surface area contributed by atoms with Crippen molar-refractivity contribution in [2.75, 3.05) is 33.4 Å². The normalized spacial score (nSPS) is 26.9. The summed E-state index contributed by atoms with van der Waals surface area (Å²) in [5.41, 5.74) is 1.17. The van der Waals surface area contributed by atoms with E-state index < -0.39 is 7.60 Å². The molecule has 1 aliphatic heterocycles. The molecule has 6 nitrogen and oxygen atoms in total. The zero-order valence-corrected chi connectivity index (χ0v) is 15.2. The van der Waals surface area contributed by atoms with Crippen LogP contribution >= 0.6 is 7.60 Å². The summed E-state index contributed by atoms with van der Waals surface area (Å²) in [4.78, 5) is 13.5. The molecule has 1 aliphatic carbocycles. The highest BCUT2D eigenvalue weighted by Crippen LogP contribution is 2.52. The van der Waals surface area contributed by atoms with E-state index >= 15 is 0 Å². The molecule has 0 radical (unpaired) electrons. The van der Waals surface area contributed by atoms with Crippen LogP contribution in [0.4, 0.5) is 4.79 Å². The van der Waals surface area contributed by atoms with Gasteiger partial charge in [-0.3, -0.25) is 4.57 Å². The highest BCUT2D eigenvalue weighted by atomic mass is 31.2. The molecule has 0 N–H and O–H groups in total. The molecule has 1 heterocycles. The lowest BCUT2D eigenvalue weighted by Gasteiger charge is -2.41. The van der Waals surface area contributed by atoms with E-state index in [1.165, 1.54) is 12.7 Å². The number of carbonyl (C=O) groups excluding carboxylic acids is 1. The fourth-order valence-corrected chi connectivity index (χ4v) is 5.22. The lowest BCUT2D eigenvalue weighted by molar-refractivity contribution is 0.0745. The van der Waals surface area contributed by atoms with Crippen molar-refractivity contribution in [2.45, 2.75) is 39.5 Å².